The number of benzene rings is 1. The molecule has 1 aromatic rings. The second kappa shape index (κ2) is 8.25. The van der Waals surface area contributed by atoms with Gasteiger partial charge in [0.2, 0.25) is 0 Å². The molecular formula is C14H23ClN2O2. The number of para-hydroxylation sites is 2. The molecule has 0 bridgehead atoms. The first-order chi connectivity index (χ1) is 8.79. The lowest BCUT2D eigenvalue weighted by atomic mass is 10.3. The molecule has 1 aromatic carbocycles. The van der Waals surface area contributed by atoms with Crippen LogP contribution in [0.5, 0.6) is 11.5 Å². The third kappa shape index (κ3) is 4.90. The predicted molar refractivity (Wildman–Crippen MR) is 79.4 cm³/mol. The Hall–Kier alpha value is -0.970. The summed E-state index contributed by atoms with van der Waals surface area (Å²) < 4.78 is 11.3. The summed E-state index contributed by atoms with van der Waals surface area (Å²) in [6, 6.07) is 8.13. The molecule has 1 fully saturated rings. The molecule has 1 atom stereocenters. The zero-order valence-corrected chi connectivity index (χ0v) is 12.2. The van der Waals surface area contributed by atoms with Gasteiger partial charge < -0.3 is 15.2 Å². The van der Waals surface area contributed by atoms with E-state index >= 15 is 0 Å². The van der Waals surface area contributed by atoms with Gasteiger partial charge in [0, 0.05) is 19.1 Å². The Morgan fingerprint density at radius 2 is 1.95 bits per heavy atom. The van der Waals surface area contributed by atoms with Gasteiger partial charge in [0.15, 0.2) is 11.5 Å². The number of halogens is 1. The summed E-state index contributed by atoms with van der Waals surface area (Å²) in [5, 5.41) is 0. The Kier molecular flexibility index (Phi) is 6.99. The lowest BCUT2D eigenvalue weighted by Crippen LogP contribution is -2.29. The Morgan fingerprint density at radius 1 is 1.26 bits per heavy atom. The molecule has 1 aliphatic heterocycles. The molecule has 0 aliphatic carbocycles. The van der Waals surface area contributed by atoms with E-state index in [2.05, 4.69) is 4.90 Å². The normalized spacial score (nSPS) is 18.9. The first-order valence-corrected chi connectivity index (χ1v) is 6.62. The van der Waals surface area contributed by atoms with Crippen LogP contribution in [0, 0.1) is 0 Å². The van der Waals surface area contributed by atoms with E-state index in [9.17, 15) is 0 Å². The van der Waals surface area contributed by atoms with E-state index in [4.69, 9.17) is 15.2 Å². The maximum absolute atomic E-state index is 5.87. The predicted octanol–water partition coefficient (Wildman–Crippen LogP) is 1.92. The molecule has 0 spiro atoms. The topological polar surface area (TPSA) is 47.7 Å². The van der Waals surface area contributed by atoms with E-state index in [1.807, 2.05) is 31.2 Å². The Bertz CT molecular complexity index is 376. The lowest BCUT2D eigenvalue weighted by molar-refractivity contribution is 0.225. The van der Waals surface area contributed by atoms with E-state index < -0.39 is 0 Å². The Labute approximate surface area is 121 Å². The van der Waals surface area contributed by atoms with Gasteiger partial charge in [-0.15, -0.1) is 12.4 Å². The fourth-order valence-corrected chi connectivity index (χ4v) is 2.19. The highest BCUT2D eigenvalue weighted by Crippen LogP contribution is 2.26. The van der Waals surface area contributed by atoms with Gasteiger partial charge in [0.05, 0.1) is 6.61 Å². The molecule has 0 radical (unpaired) electrons. The highest BCUT2D eigenvalue weighted by atomic mass is 35.5. The van der Waals surface area contributed by atoms with Gasteiger partial charge in [-0.2, -0.15) is 0 Å². The summed E-state index contributed by atoms with van der Waals surface area (Å²) in [5.41, 5.74) is 5.87. The zero-order valence-electron chi connectivity index (χ0n) is 11.4. The second-order valence-corrected chi connectivity index (χ2v) is 4.58. The smallest absolute Gasteiger partial charge is 0.161 e. The molecular weight excluding hydrogens is 264 g/mol. The highest BCUT2D eigenvalue weighted by molar-refractivity contribution is 5.85. The quantitative estimate of drug-likeness (QED) is 0.868. The largest absolute Gasteiger partial charge is 0.490 e. The van der Waals surface area contributed by atoms with Crippen LogP contribution in [0.4, 0.5) is 0 Å². The molecule has 2 N–H and O–H groups in total. The molecule has 2 rings (SSSR count). The first-order valence-electron chi connectivity index (χ1n) is 6.62. The number of ether oxygens (including phenoxy) is 2. The van der Waals surface area contributed by atoms with E-state index in [1.54, 1.807) is 0 Å². The van der Waals surface area contributed by atoms with Gasteiger partial charge in [-0.3, -0.25) is 4.90 Å². The van der Waals surface area contributed by atoms with Crippen LogP contribution >= 0.6 is 12.4 Å². The molecule has 1 aliphatic rings. The molecule has 0 saturated carbocycles. The van der Waals surface area contributed by atoms with Gasteiger partial charge in [-0.05, 0) is 32.0 Å². The fourth-order valence-electron chi connectivity index (χ4n) is 2.19. The van der Waals surface area contributed by atoms with Crippen molar-refractivity contribution in [2.24, 2.45) is 5.73 Å². The molecule has 5 heteroatoms. The first kappa shape index (κ1) is 16.1. The van der Waals surface area contributed by atoms with E-state index in [-0.39, 0.29) is 12.4 Å². The molecule has 0 aromatic heterocycles. The maximum Gasteiger partial charge on any atom is 0.161 e. The summed E-state index contributed by atoms with van der Waals surface area (Å²) in [6.45, 7) is 6.29. The minimum Gasteiger partial charge on any atom is -0.490 e. The van der Waals surface area contributed by atoms with Crippen molar-refractivity contribution in [3.8, 4) is 11.5 Å². The van der Waals surface area contributed by atoms with Crippen molar-refractivity contribution in [3.63, 3.8) is 0 Å². The highest BCUT2D eigenvalue weighted by Gasteiger charge is 2.18. The van der Waals surface area contributed by atoms with Crippen LogP contribution in [0.2, 0.25) is 0 Å². The SMILES string of the molecule is CCOc1ccccc1OCCN1CCC(N)C1.Cl. The Balaban J connectivity index is 0.00000180. The van der Waals surface area contributed by atoms with Crippen LogP contribution in [-0.2, 0) is 0 Å². The molecule has 1 unspecified atom stereocenters. The zero-order chi connectivity index (χ0) is 12.8. The van der Waals surface area contributed by atoms with E-state index in [0.29, 0.717) is 19.3 Å². The van der Waals surface area contributed by atoms with Crippen LogP contribution in [0.3, 0.4) is 0 Å². The number of nitrogens with two attached hydrogens (primary N) is 1. The van der Waals surface area contributed by atoms with Crippen LogP contribution in [0.15, 0.2) is 24.3 Å². The number of nitrogens with zero attached hydrogens (tertiary/aromatic N) is 1. The average molecular weight is 287 g/mol. The molecule has 1 saturated heterocycles. The Morgan fingerprint density at radius 3 is 2.53 bits per heavy atom. The van der Waals surface area contributed by atoms with Gasteiger partial charge in [-0.1, -0.05) is 12.1 Å². The van der Waals surface area contributed by atoms with Crippen molar-refractivity contribution < 1.29 is 9.47 Å². The van der Waals surface area contributed by atoms with Gasteiger partial charge in [-0.25, -0.2) is 0 Å². The fraction of sp³-hybridized carbons (Fsp3) is 0.571. The monoisotopic (exact) mass is 286 g/mol. The van der Waals surface area contributed by atoms with Crippen molar-refractivity contribution in [2.45, 2.75) is 19.4 Å². The van der Waals surface area contributed by atoms with Crippen molar-refractivity contribution in [3.05, 3.63) is 24.3 Å². The summed E-state index contributed by atoms with van der Waals surface area (Å²) >= 11 is 0. The molecule has 0 amide bonds. The average Bonchev–Trinajstić information content (AvgIpc) is 2.78. The van der Waals surface area contributed by atoms with Crippen molar-refractivity contribution in [1.29, 1.82) is 0 Å². The van der Waals surface area contributed by atoms with Crippen molar-refractivity contribution in [1.82, 2.24) is 4.90 Å². The van der Waals surface area contributed by atoms with Crippen LogP contribution in [0.1, 0.15) is 13.3 Å². The molecule has 4 nitrogen and oxygen atoms in total. The minimum absolute atomic E-state index is 0. The summed E-state index contributed by atoms with van der Waals surface area (Å²) in [4.78, 5) is 2.34. The van der Waals surface area contributed by atoms with Crippen LogP contribution < -0.4 is 15.2 Å². The van der Waals surface area contributed by atoms with Gasteiger partial charge in [0.1, 0.15) is 6.61 Å². The standard InChI is InChI=1S/C14H22N2O2.ClH/c1-2-17-13-5-3-4-6-14(13)18-10-9-16-8-7-12(15)11-16;/h3-6,12H,2,7-11,15H2,1H3;1H. The maximum atomic E-state index is 5.87. The minimum atomic E-state index is 0. The van der Waals surface area contributed by atoms with Crippen LogP contribution in [-0.4, -0.2) is 43.8 Å². The van der Waals surface area contributed by atoms with E-state index in [0.717, 1.165) is 37.6 Å². The number of hydrogen-bond donors (Lipinski definition) is 1. The van der Waals surface area contributed by atoms with Crippen LogP contribution in [0.25, 0.3) is 0 Å². The van der Waals surface area contributed by atoms with Crippen molar-refractivity contribution in [2.75, 3.05) is 32.8 Å². The number of hydrogen-bond acceptors (Lipinski definition) is 4. The summed E-state index contributed by atoms with van der Waals surface area (Å²) in [5.74, 6) is 1.64. The number of rotatable bonds is 6. The summed E-state index contributed by atoms with van der Waals surface area (Å²) in [6.07, 6.45) is 1.09. The van der Waals surface area contributed by atoms with Gasteiger partial charge >= 0.3 is 0 Å². The van der Waals surface area contributed by atoms with Crippen molar-refractivity contribution >= 4 is 12.4 Å². The molecule has 19 heavy (non-hydrogen) atoms. The third-order valence-electron chi connectivity index (χ3n) is 3.12. The molecule has 1 heterocycles. The third-order valence-corrected chi connectivity index (χ3v) is 3.12. The second-order valence-electron chi connectivity index (χ2n) is 4.58. The van der Waals surface area contributed by atoms with E-state index in [1.165, 1.54) is 0 Å². The number of likely N-dealkylation sites (tertiary alicyclic amines) is 1. The van der Waals surface area contributed by atoms with Gasteiger partial charge in [0.25, 0.3) is 0 Å². The summed E-state index contributed by atoms with van der Waals surface area (Å²) in [7, 11) is 0. The lowest BCUT2D eigenvalue weighted by Gasteiger charge is -2.16. The molecule has 108 valence electrons.